The standard InChI is InChI=1S/C32H52O6/c1-19(10-11-21(3)34)24-12-13-25-30-26(18-28(35)32(24,25)5)31(4)15-14-23(16-22(31)17-27(30)37-6)38-29(36)9-7-8-20(2)33/h19,22-28,30,35H,7-18H2,1-6H3/t19?,22-,23-,24+,25-,26-,27-,28-,30-,31-,32+/m0/s1. The molecule has 4 aliphatic rings. The van der Waals surface area contributed by atoms with E-state index in [-0.39, 0.29) is 46.7 Å². The van der Waals surface area contributed by atoms with Crippen molar-refractivity contribution in [2.24, 2.45) is 46.3 Å². The van der Waals surface area contributed by atoms with Gasteiger partial charge >= 0.3 is 5.97 Å². The van der Waals surface area contributed by atoms with E-state index in [1.54, 1.807) is 13.8 Å². The van der Waals surface area contributed by atoms with Gasteiger partial charge in [0.15, 0.2) is 0 Å². The van der Waals surface area contributed by atoms with Crippen LogP contribution in [-0.2, 0) is 23.9 Å². The van der Waals surface area contributed by atoms with Crippen molar-refractivity contribution in [3.05, 3.63) is 0 Å². The van der Waals surface area contributed by atoms with E-state index in [1.165, 1.54) is 0 Å². The molecule has 38 heavy (non-hydrogen) atoms. The molecular formula is C32H52O6. The highest BCUT2D eigenvalue weighted by Gasteiger charge is 2.66. The highest BCUT2D eigenvalue weighted by Crippen LogP contribution is 2.68. The number of rotatable bonds is 10. The van der Waals surface area contributed by atoms with Crippen molar-refractivity contribution in [1.82, 2.24) is 0 Å². The van der Waals surface area contributed by atoms with Gasteiger partial charge in [0, 0.05) is 26.4 Å². The average molecular weight is 533 g/mol. The minimum atomic E-state index is -0.342. The van der Waals surface area contributed by atoms with Crippen LogP contribution >= 0.6 is 0 Å². The lowest BCUT2D eigenvalue weighted by Crippen LogP contribution is -2.62. The highest BCUT2D eigenvalue weighted by atomic mass is 16.5. The number of aliphatic hydroxyl groups excluding tert-OH is 1. The third kappa shape index (κ3) is 5.50. The lowest BCUT2D eigenvalue weighted by Gasteiger charge is -2.64. The second kappa shape index (κ2) is 11.7. The topological polar surface area (TPSA) is 89.9 Å². The minimum Gasteiger partial charge on any atom is -0.462 e. The molecule has 0 radical (unpaired) electrons. The van der Waals surface area contributed by atoms with Crippen molar-refractivity contribution in [1.29, 1.82) is 0 Å². The van der Waals surface area contributed by atoms with E-state index in [4.69, 9.17) is 9.47 Å². The first-order valence-electron chi connectivity index (χ1n) is 15.3. The zero-order valence-electron chi connectivity index (χ0n) is 24.7. The number of ketones is 2. The van der Waals surface area contributed by atoms with Gasteiger partial charge in [-0.15, -0.1) is 0 Å². The van der Waals surface area contributed by atoms with Crippen LogP contribution in [0.15, 0.2) is 0 Å². The molecule has 1 unspecified atom stereocenters. The number of carbonyl (C=O) groups is 3. The minimum absolute atomic E-state index is 0.0660. The zero-order valence-corrected chi connectivity index (χ0v) is 24.7. The Bertz CT molecular complexity index is 885. The average Bonchev–Trinajstić information content (AvgIpc) is 3.21. The fourth-order valence-corrected chi connectivity index (χ4v) is 9.80. The Balaban J connectivity index is 1.48. The molecule has 0 spiro atoms. The number of fused-ring (bicyclic) bond motifs is 5. The number of Topliss-reactive ketones (excluding diaryl/α,β-unsaturated/α-hetero) is 2. The Labute approximate surface area is 230 Å². The normalized spacial score (nSPS) is 42.9. The summed E-state index contributed by atoms with van der Waals surface area (Å²) < 4.78 is 12.1. The van der Waals surface area contributed by atoms with Crippen LogP contribution in [0.4, 0.5) is 0 Å². The maximum absolute atomic E-state index is 12.4. The molecule has 6 heteroatoms. The van der Waals surface area contributed by atoms with Crippen LogP contribution in [0.1, 0.15) is 112 Å². The van der Waals surface area contributed by atoms with Gasteiger partial charge in [0.2, 0.25) is 0 Å². The zero-order chi connectivity index (χ0) is 27.8. The molecule has 4 fully saturated rings. The van der Waals surface area contributed by atoms with Gasteiger partial charge in [-0.1, -0.05) is 20.8 Å². The van der Waals surface area contributed by atoms with Crippen LogP contribution < -0.4 is 0 Å². The van der Waals surface area contributed by atoms with E-state index in [1.807, 2.05) is 7.11 Å². The molecule has 0 amide bonds. The molecule has 6 nitrogen and oxygen atoms in total. The Morgan fingerprint density at radius 2 is 1.66 bits per heavy atom. The molecule has 0 bridgehead atoms. The molecule has 0 heterocycles. The molecule has 0 aromatic carbocycles. The summed E-state index contributed by atoms with van der Waals surface area (Å²) in [7, 11) is 1.85. The summed E-state index contributed by atoms with van der Waals surface area (Å²) in [5, 5.41) is 11.8. The number of hydrogen-bond acceptors (Lipinski definition) is 6. The van der Waals surface area contributed by atoms with Crippen molar-refractivity contribution in [3.63, 3.8) is 0 Å². The highest BCUT2D eigenvalue weighted by molar-refractivity contribution is 5.76. The van der Waals surface area contributed by atoms with Crippen molar-refractivity contribution in [2.45, 2.75) is 130 Å². The third-order valence-corrected chi connectivity index (χ3v) is 11.9. The SMILES string of the molecule is CO[C@H]1C[C@@H]2C[C@@H](OC(=O)CCCC(C)=O)CC[C@]2(C)[C@H]2C[C@H](O)[C@]3(C)[C@@H](C(C)CCC(C)=O)CC[C@H]3[C@H]12. The molecule has 0 aliphatic heterocycles. The summed E-state index contributed by atoms with van der Waals surface area (Å²) in [6, 6.07) is 0. The van der Waals surface area contributed by atoms with E-state index in [0.29, 0.717) is 61.2 Å². The molecule has 0 aromatic heterocycles. The van der Waals surface area contributed by atoms with Crippen molar-refractivity contribution in [2.75, 3.05) is 7.11 Å². The van der Waals surface area contributed by atoms with Crippen molar-refractivity contribution in [3.8, 4) is 0 Å². The van der Waals surface area contributed by atoms with Gasteiger partial charge < -0.3 is 24.2 Å². The van der Waals surface area contributed by atoms with E-state index < -0.39 is 0 Å². The molecule has 11 atom stereocenters. The fourth-order valence-electron chi connectivity index (χ4n) is 9.80. The van der Waals surface area contributed by atoms with Crippen LogP contribution in [0, 0.1) is 46.3 Å². The van der Waals surface area contributed by atoms with Gasteiger partial charge in [-0.25, -0.2) is 0 Å². The predicted octanol–water partition coefficient (Wildman–Crippen LogP) is 5.92. The lowest BCUT2D eigenvalue weighted by molar-refractivity contribution is -0.214. The number of carbonyl (C=O) groups excluding carboxylic acids is 3. The molecular weight excluding hydrogens is 480 g/mol. The number of esters is 1. The monoisotopic (exact) mass is 532 g/mol. The van der Waals surface area contributed by atoms with Gasteiger partial charge in [-0.05, 0) is 118 Å². The maximum atomic E-state index is 12.4. The van der Waals surface area contributed by atoms with Gasteiger partial charge in [0.25, 0.3) is 0 Å². The molecule has 1 N–H and O–H groups in total. The van der Waals surface area contributed by atoms with Crippen LogP contribution in [0.25, 0.3) is 0 Å². The van der Waals surface area contributed by atoms with Crippen LogP contribution in [0.5, 0.6) is 0 Å². The quantitative estimate of drug-likeness (QED) is 0.352. The summed E-state index contributed by atoms with van der Waals surface area (Å²) in [6.07, 6.45) is 9.38. The Kier molecular flexibility index (Phi) is 9.13. The summed E-state index contributed by atoms with van der Waals surface area (Å²) >= 11 is 0. The summed E-state index contributed by atoms with van der Waals surface area (Å²) in [5.74, 6) is 2.71. The van der Waals surface area contributed by atoms with E-state index >= 15 is 0 Å². The first-order valence-corrected chi connectivity index (χ1v) is 15.3. The van der Waals surface area contributed by atoms with E-state index in [9.17, 15) is 19.5 Å². The Morgan fingerprint density at radius 3 is 2.32 bits per heavy atom. The number of hydrogen-bond donors (Lipinski definition) is 1. The lowest BCUT2D eigenvalue weighted by atomic mass is 9.43. The second-order valence-electron chi connectivity index (χ2n) is 14.0. The molecule has 0 aromatic rings. The first-order chi connectivity index (χ1) is 17.9. The van der Waals surface area contributed by atoms with Gasteiger partial charge in [-0.3, -0.25) is 4.79 Å². The molecule has 0 saturated heterocycles. The van der Waals surface area contributed by atoms with E-state index in [2.05, 4.69) is 20.8 Å². The first kappa shape index (κ1) is 29.7. The summed E-state index contributed by atoms with van der Waals surface area (Å²) in [5.41, 5.74) is -0.0260. The smallest absolute Gasteiger partial charge is 0.306 e. The van der Waals surface area contributed by atoms with Gasteiger partial charge in [-0.2, -0.15) is 0 Å². The van der Waals surface area contributed by atoms with Crippen molar-refractivity contribution >= 4 is 17.5 Å². The fraction of sp³-hybridized carbons (Fsp3) is 0.906. The summed E-state index contributed by atoms with van der Waals surface area (Å²) in [4.78, 5) is 35.3. The molecule has 4 saturated carbocycles. The molecule has 4 rings (SSSR count). The van der Waals surface area contributed by atoms with E-state index in [0.717, 1.165) is 51.4 Å². The number of aliphatic hydroxyl groups is 1. The summed E-state index contributed by atoms with van der Waals surface area (Å²) in [6.45, 7) is 10.3. The Hall–Kier alpha value is -1.27. The van der Waals surface area contributed by atoms with Crippen LogP contribution in [0.2, 0.25) is 0 Å². The Morgan fingerprint density at radius 1 is 0.947 bits per heavy atom. The predicted molar refractivity (Wildman–Crippen MR) is 146 cm³/mol. The van der Waals surface area contributed by atoms with Gasteiger partial charge in [0.1, 0.15) is 17.7 Å². The molecule has 4 aliphatic carbocycles. The maximum Gasteiger partial charge on any atom is 0.306 e. The third-order valence-electron chi connectivity index (χ3n) is 11.9. The van der Waals surface area contributed by atoms with Gasteiger partial charge in [0.05, 0.1) is 12.2 Å². The number of methoxy groups -OCH3 is 1. The van der Waals surface area contributed by atoms with Crippen LogP contribution in [0.3, 0.4) is 0 Å². The largest absolute Gasteiger partial charge is 0.462 e. The van der Waals surface area contributed by atoms with Crippen LogP contribution in [-0.4, -0.2) is 48.1 Å². The molecule has 216 valence electrons. The van der Waals surface area contributed by atoms with Crippen molar-refractivity contribution < 1.29 is 29.0 Å². The number of ether oxygens (including phenoxy) is 2. The second-order valence-corrected chi connectivity index (χ2v) is 14.0.